The molecule has 0 aliphatic rings. The SMILES string of the molecule is Cc1cc(NC(=O)CSc2nc(N)c(C#N)cc2C#N)no1. The second-order valence-electron chi connectivity index (χ2n) is 4.16. The molecule has 22 heavy (non-hydrogen) atoms. The van der Waals surface area contributed by atoms with Gasteiger partial charge in [0.25, 0.3) is 0 Å². The fraction of sp³-hybridized carbons (Fsp3) is 0.154. The lowest BCUT2D eigenvalue weighted by atomic mass is 10.2. The van der Waals surface area contributed by atoms with Crippen LogP contribution in [-0.4, -0.2) is 21.8 Å². The highest BCUT2D eigenvalue weighted by Gasteiger charge is 2.13. The lowest BCUT2D eigenvalue weighted by Gasteiger charge is -2.05. The first kappa shape index (κ1) is 15.4. The first-order valence-corrected chi connectivity index (χ1v) is 6.98. The highest BCUT2D eigenvalue weighted by Crippen LogP contribution is 2.24. The number of rotatable bonds is 4. The number of aromatic nitrogens is 2. The quantitative estimate of drug-likeness (QED) is 0.807. The van der Waals surface area contributed by atoms with Gasteiger partial charge in [-0.3, -0.25) is 4.79 Å². The third kappa shape index (κ3) is 3.53. The van der Waals surface area contributed by atoms with E-state index in [2.05, 4.69) is 15.5 Å². The van der Waals surface area contributed by atoms with Crippen molar-refractivity contribution >= 4 is 29.3 Å². The molecule has 0 unspecified atom stereocenters. The maximum atomic E-state index is 11.8. The molecule has 1 amide bonds. The second-order valence-corrected chi connectivity index (χ2v) is 5.12. The van der Waals surface area contributed by atoms with Gasteiger partial charge in [0.2, 0.25) is 5.91 Å². The number of pyridine rings is 1. The zero-order chi connectivity index (χ0) is 16.1. The molecule has 0 radical (unpaired) electrons. The van der Waals surface area contributed by atoms with Gasteiger partial charge in [-0.25, -0.2) is 4.98 Å². The lowest BCUT2D eigenvalue weighted by molar-refractivity contribution is -0.113. The Labute approximate surface area is 129 Å². The van der Waals surface area contributed by atoms with Crippen LogP contribution in [0.2, 0.25) is 0 Å². The number of carbonyl (C=O) groups excluding carboxylic acids is 1. The molecule has 0 aliphatic carbocycles. The summed E-state index contributed by atoms with van der Waals surface area (Å²) in [5, 5.41) is 24.4. The maximum absolute atomic E-state index is 11.8. The first-order chi connectivity index (χ1) is 10.5. The van der Waals surface area contributed by atoms with Gasteiger partial charge in [-0.2, -0.15) is 10.5 Å². The molecule has 0 spiro atoms. The Morgan fingerprint density at radius 1 is 1.41 bits per heavy atom. The Morgan fingerprint density at radius 3 is 2.73 bits per heavy atom. The van der Waals surface area contributed by atoms with Crippen molar-refractivity contribution < 1.29 is 9.32 Å². The molecule has 8 nitrogen and oxygen atoms in total. The minimum Gasteiger partial charge on any atom is -0.383 e. The number of nitrogens with zero attached hydrogens (tertiary/aromatic N) is 4. The Balaban J connectivity index is 2.05. The van der Waals surface area contributed by atoms with E-state index < -0.39 is 0 Å². The van der Waals surface area contributed by atoms with E-state index in [1.54, 1.807) is 13.0 Å². The number of nitriles is 2. The molecule has 110 valence electrons. The molecule has 9 heteroatoms. The number of nitrogens with one attached hydrogen (secondary N) is 1. The van der Waals surface area contributed by atoms with Crippen molar-refractivity contribution in [1.29, 1.82) is 10.5 Å². The molecule has 2 heterocycles. The fourth-order valence-corrected chi connectivity index (χ4v) is 2.29. The van der Waals surface area contributed by atoms with Crippen LogP contribution < -0.4 is 11.1 Å². The largest absolute Gasteiger partial charge is 0.383 e. The van der Waals surface area contributed by atoms with E-state index in [1.165, 1.54) is 6.07 Å². The van der Waals surface area contributed by atoms with Gasteiger partial charge >= 0.3 is 0 Å². The monoisotopic (exact) mass is 314 g/mol. The standard InChI is InChI=1S/C13H10N6O2S/c1-7-2-10(19-21-7)17-11(20)6-22-13-9(5-15)3-8(4-14)12(16)18-13/h2-3H,6H2,1H3,(H2,16,18)(H,17,19,20). The minimum atomic E-state index is -0.327. The number of anilines is 2. The highest BCUT2D eigenvalue weighted by molar-refractivity contribution is 8.00. The molecule has 0 saturated heterocycles. The van der Waals surface area contributed by atoms with Crippen molar-refractivity contribution in [2.24, 2.45) is 0 Å². The second kappa shape index (κ2) is 6.61. The van der Waals surface area contributed by atoms with Crippen LogP contribution in [0.3, 0.4) is 0 Å². The maximum Gasteiger partial charge on any atom is 0.236 e. The van der Waals surface area contributed by atoms with Crippen LogP contribution in [0.25, 0.3) is 0 Å². The predicted octanol–water partition coefficient (Wildman–Crippen LogP) is 1.43. The molecular formula is C13H10N6O2S. The van der Waals surface area contributed by atoms with Crippen LogP contribution in [0.1, 0.15) is 16.9 Å². The molecule has 0 saturated carbocycles. The van der Waals surface area contributed by atoms with E-state index in [1.807, 2.05) is 12.1 Å². The Hall–Kier alpha value is -3.04. The van der Waals surface area contributed by atoms with E-state index in [-0.39, 0.29) is 28.6 Å². The van der Waals surface area contributed by atoms with Gasteiger partial charge in [-0.15, -0.1) is 0 Å². The molecule has 2 aromatic rings. The van der Waals surface area contributed by atoms with Crippen molar-refractivity contribution in [1.82, 2.24) is 10.1 Å². The zero-order valence-corrected chi connectivity index (χ0v) is 12.3. The van der Waals surface area contributed by atoms with Crippen LogP contribution >= 0.6 is 11.8 Å². The number of aryl methyl sites for hydroxylation is 1. The van der Waals surface area contributed by atoms with E-state index in [9.17, 15) is 4.79 Å². The smallest absolute Gasteiger partial charge is 0.236 e. The van der Waals surface area contributed by atoms with Crippen molar-refractivity contribution in [3.8, 4) is 12.1 Å². The summed E-state index contributed by atoms with van der Waals surface area (Å²) in [6.45, 7) is 1.71. The third-order valence-corrected chi connectivity index (χ3v) is 3.48. The number of thioether (sulfide) groups is 1. The zero-order valence-electron chi connectivity index (χ0n) is 11.5. The first-order valence-electron chi connectivity index (χ1n) is 6.00. The van der Waals surface area contributed by atoms with Gasteiger partial charge in [0.05, 0.1) is 16.9 Å². The summed E-state index contributed by atoms with van der Waals surface area (Å²) in [6, 6.07) is 6.71. The lowest BCUT2D eigenvalue weighted by Crippen LogP contribution is -2.14. The van der Waals surface area contributed by atoms with Crippen molar-refractivity contribution in [3.05, 3.63) is 29.0 Å². The fourth-order valence-electron chi connectivity index (χ4n) is 1.53. The summed E-state index contributed by atoms with van der Waals surface area (Å²) in [4.78, 5) is 15.8. The minimum absolute atomic E-state index is 0.0128. The average molecular weight is 314 g/mol. The number of amides is 1. The number of hydrogen-bond donors (Lipinski definition) is 2. The Kier molecular flexibility index (Phi) is 4.61. The topological polar surface area (TPSA) is 142 Å². The molecule has 2 aromatic heterocycles. The predicted molar refractivity (Wildman–Crippen MR) is 78.7 cm³/mol. The Morgan fingerprint density at radius 2 is 2.14 bits per heavy atom. The summed E-state index contributed by atoms with van der Waals surface area (Å²) in [6.07, 6.45) is 0. The molecule has 0 aromatic carbocycles. The van der Waals surface area contributed by atoms with E-state index >= 15 is 0 Å². The summed E-state index contributed by atoms with van der Waals surface area (Å²) in [5.41, 5.74) is 5.93. The normalized spacial score (nSPS) is 9.77. The molecular weight excluding hydrogens is 304 g/mol. The average Bonchev–Trinajstić information content (AvgIpc) is 2.90. The number of nitrogens with two attached hydrogens (primary N) is 1. The van der Waals surface area contributed by atoms with Crippen LogP contribution in [0, 0.1) is 29.6 Å². The van der Waals surface area contributed by atoms with E-state index in [4.69, 9.17) is 20.8 Å². The van der Waals surface area contributed by atoms with Crippen LogP contribution in [-0.2, 0) is 4.79 Å². The number of carbonyl (C=O) groups is 1. The van der Waals surface area contributed by atoms with Gasteiger partial charge in [0.15, 0.2) is 5.82 Å². The van der Waals surface area contributed by atoms with Crippen LogP contribution in [0.15, 0.2) is 21.7 Å². The molecule has 0 atom stereocenters. The van der Waals surface area contributed by atoms with Crippen molar-refractivity contribution in [2.45, 2.75) is 11.9 Å². The summed E-state index contributed by atoms with van der Waals surface area (Å²) >= 11 is 1.05. The molecule has 2 rings (SSSR count). The van der Waals surface area contributed by atoms with Gasteiger partial charge < -0.3 is 15.6 Å². The van der Waals surface area contributed by atoms with Crippen molar-refractivity contribution in [2.75, 3.05) is 16.8 Å². The summed E-state index contributed by atoms with van der Waals surface area (Å²) in [5.74, 6) is 0.606. The molecule has 3 N–H and O–H groups in total. The van der Waals surface area contributed by atoms with Gasteiger partial charge in [-0.1, -0.05) is 16.9 Å². The third-order valence-electron chi connectivity index (χ3n) is 2.49. The molecule has 0 bridgehead atoms. The molecule has 0 aliphatic heterocycles. The van der Waals surface area contributed by atoms with Crippen LogP contribution in [0.5, 0.6) is 0 Å². The number of nitrogen functional groups attached to an aromatic ring is 1. The van der Waals surface area contributed by atoms with E-state index in [0.717, 1.165) is 11.8 Å². The van der Waals surface area contributed by atoms with Crippen molar-refractivity contribution in [3.63, 3.8) is 0 Å². The Bertz CT molecular complexity index is 802. The summed E-state index contributed by atoms with van der Waals surface area (Å²) in [7, 11) is 0. The van der Waals surface area contributed by atoms with E-state index in [0.29, 0.717) is 16.6 Å². The molecule has 0 fully saturated rings. The van der Waals surface area contributed by atoms with Gasteiger partial charge in [-0.05, 0) is 13.0 Å². The van der Waals surface area contributed by atoms with Gasteiger partial charge in [0.1, 0.15) is 28.7 Å². The summed E-state index contributed by atoms with van der Waals surface area (Å²) < 4.78 is 4.83. The van der Waals surface area contributed by atoms with Gasteiger partial charge in [0, 0.05) is 6.07 Å². The highest BCUT2D eigenvalue weighted by atomic mass is 32.2. The number of hydrogen-bond acceptors (Lipinski definition) is 8. The van der Waals surface area contributed by atoms with Crippen LogP contribution in [0.4, 0.5) is 11.6 Å².